The Bertz CT molecular complexity index is 980. The number of halogens is 1. The first kappa shape index (κ1) is 22.2. The molecular weight excluding hydrogens is 428 g/mol. The van der Waals surface area contributed by atoms with E-state index in [1.807, 2.05) is 37.3 Å². The number of hydrogen-bond acceptors (Lipinski definition) is 3. The van der Waals surface area contributed by atoms with E-state index in [2.05, 4.69) is 17.6 Å². The molecule has 0 saturated heterocycles. The molecule has 4 rings (SSSR count). The number of thioether (sulfide) groups is 1. The molecule has 0 unspecified atom stereocenters. The van der Waals surface area contributed by atoms with E-state index >= 15 is 0 Å². The van der Waals surface area contributed by atoms with Gasteiger partial charge in [0, 0.05) is 10.9 Å². The van der Waals surface area contributed by atoms with Crippen molar-refractivity contribution >= 4 is 40.9 Å². The highest BCUT2D eigenvalue weighted by Gasteiger charge is 2.42. The van der Waals surface area contributed by atoms with E-state index in [9.17, 15) is 9.59 Å². The molecule has 164 valence electrons. The monoisotopic (exact) mass is 456 g/mol. The van der Waals surface area contributed by atoms with Crippen LogP contribution in [-0.4, -0.2) is 23.6 Å². The van der Waals surface area contributed by atoms with E-state index in [1.165, 1.54) is 37.4 Å². The zero-order valence-electron chi connectivity index (χ0n) is 18.0. The van der Waals surface area contributed by atoms with Crippen LogP contribution in [0.1, 0.15) is 48.5 Å². The topological polar surface area (TPSA) is 58.2 Å². The average molecular weight is 457 g/mol. The van der Waals surface area contributed by atoms with E-state index in [0.29, 0.717) is 27.9 Å². The van der Waals surface area contributed by atoms with Crippen LogP contribution >= 0.6 is 23.4 Å². The van der Waals surface area contributed by atoms with Crippen LogP contribution in [0.25, 0.3) is 0 Å². The molecule has 4 nitrogen and oxygen atoms in total. The Morgan fingerprint density at radius 2 is 1.97 bits per heavy atom. The van der Waals surface area contributed by atoms with E-state index in [0.717, 1.165) is 22.3 Å². The largest absolute Gasteiger partial charge is 0.353 e. The zero-order valence-corrected chi connectivity index (χ0v) is 19.6. The molecule has 6 heteroatoms. The summed E-state index contributed by atoms with van der Waals surface area (Å²) in [7, 11) is 0. The minimum atomic E-state index is -0.232. The van der Waals surface area contributed by atoms with E-state index in [1.54, 1.807) is 12.1 Å². The summed E-state index contributed by atoms with van der Waals surface area (Å²) in [6.45, 7) is 4.09. The van der Waals surface area contributed by atoms with Crippen LogP contribution in [0, 0.1) is 24.7 Å². The zero-order chi connectivity index (χ0) is 22.0. The summed E-state index contributed by atoms with van der Waals surface area (Å²) in [6.07, 6.45) is 5.28. The molecule has 2 aromatic carbocycles. The van der Waals surface area contributed by atoms with Crippen molar-refractivity contribution < 1.29 is 9.59 Å². The van der Waals surface area contributed by atoms with Crippen LogP contribution in [0.3, 0.4) is 0 Å². The van der Waals surface area contributed by atoms with Crippen LogP contribution in [0.5, 0.6) is 0 Å². The fourth-order valence-corrected chi connectivity index (χ4v) is 6.29. The van der Waals surface area contributed by atoms with Crippen molar-refractivity contribution in [2.75, 3.05) is 11.1 Å². The van der Waals surface area contributed by atoms with Gasteiger partial charge >= 0.3 is 0 Å². The molecule has 2 aromatic rings. The van der Waals surface area contributed by atoms with Gasteiger partial charge in [-0.25, -0.2) is 0 Å². The predicted octanol–water partition coefficient (Wildman–Crippen LogP) is 5.93. The number of carbonyl (C=O) groups is 2. The van der Waals surface area contributed by atoms with Crippen molar-refractivity contribution in [2.45, 2.75) is 50.5 Å². The molecule has 2 amide bonds. The van der Waals surface area contributed by atoms with Crippen molar-refractivity contribution in [3.63, 3.8) is 0 Å². The normalized spacial score (nSPS) is 22.9. The Morgan fingerprint density at radius 1 is 1.16 bits per heavy atom. The first-order chi connectivity index (χ1) is 14.9. The number of hydrogen-bond donors (Lipinski definition) is 2. The van der Waals surface area contributed by atoms with Gasteiger partial charge in [-0.1, -0.05) is 36.2 Å². The second-order valence-corrected chi connectivity index (χ2v) is 10.3. The highest BCUT2D eigenvalue weighted by atomic mass is 35.5. The minimum absolute atomic E-state index is 0.0251. The molecule has 0 aromatic heterocycles. The fraction of sp³-hybridized carbons (Fsp3) is 0.440. The van der Waals surface area contributed by atoms with Gasteiger partial charge in [0.1, 0.15) is 0 Å². The Morgan fingerprint density at radius 3 is 2.68 bits per heavy atom. The summed E-state index contributed by atoms with van der Waals surface area (Å²) in [6, 6.07) is 13.1. The summed E-state index contributed by atoms with van der Waals surface area (Å²) in [4.78, 5) is 26.2. The van der Waals surface area contributed by atoms with Gasteiger partial charge in [0.2, 0.25) is 5.91 Å². The highest BCUT2D eigenvalue weighted by molar-refractivity contribution is 8.00. The Kier molecular flexibility index (Phi) is 6.92. The fourth-order valence-electron chi connectivity index (χ4n) is 5.14. The first-order valence-corrected chi connectivity index (χ1v) is 12.4. The third-order valence-corrected chi connectivity index (χ3v) is 8.07. The molecule has 2 aliphatic rings. The summed E-state index contributed by atoms with van der Waals surface area (Å²) >= 11 is 7.65. The second-order valence-electron chi connectivity index (χ2n) is 8.92. The van der Waals surface area contributed by atoms with Crippen LogP contribution in [0.15, 0.2) is 47.4 Å². The Balaban J connectivity index is 1.34. The highest BCUT2D eigenvalue weighted by Crippen LogP contribution is 2.49. The Hall–Kier alpha value is -1.98. The lowest BCUT2D eigenvalue weighted by molar-refractivity contribution is -0.119. The van der Waals surface area contributed by atoms with Gasteiger partial charge in [-0.15, -0.1) is 11.8 Å². The third-order valence-electron chi connectivity index (χ3n) is 6.69. The minimum Gasteiger partial charge on any atom is -0.353 e. The molecule has 2 aliphatic carbocycles. The molecular formula is C25H29ClN2O2S. The lowest BCUT2D eigenvalue weighted by Crippen LogP contribution is -2.40. The van der Waals surface area contributed by atoms with Crippen LogP contribution in [-0.2, 0) is 4.79 Å². The molecule has 2 saturated carbocycles. The number of anilines is 1. The summed E-state index contributed by atoms with van der Waals surface area (Å²) in [5, 5.41) is 6.59. The molecule has 0 heterocycles. The number of rotatable bonds is 7. The molecule has 2 N–H and O–H groups in total. The van der Waals surface area contributed by atoms with E-state index in [4.69, 9.17) is 11.6 Å². The first-order valence-electron chi connectivity index (χ1n) is 11.0. The molecule has 0 aliphatic heterocycles. The average Bonchev–Trinajstić information content (AvgIpc) is 3.38. The molecule has 2 bridgehead atoms. The van der Waals surface area contributed by atoms with Crippen LogP contribution < -0.4 is 10.6 Å². The third kappa shape index (κ3) is 5.27. The quantitative estimate of drug-likeness (QED) is 0.507. The maximum atomic E-state index is 12.9. The van der Waals surface area contributed by atoms with Crippen molar-refractivity contribution in [1.29, 1.82) is 0 Å². The standard InChI is InChI=1S/C25H29ClN2O2S/c1-15-7-10-22(21(26)11-15)28-25(30)19-5-3-4-6-23(19)31-14-24(29)27-16(2)20-13-17-8-9-18(20)12-17/h3-7,10-11,16-18,20H,8-9,12-14H2,1-2H3,(H,27,29)(H,28,30)/t16-,17+,18+,20-/m1/s1. The lowest BCUT2D eigenvalue weighted by atomic mass is 9.84. The molecule has 0 spiro atoms. The molecule has 0 radical (unpaired) electrons. The van der Waals surface area contributed by atoms with Crippen molar-refractivity contribution in [3.8, 4) is 0 Å². The maximum absolute atomic E-state index is 12.9. The predicted molar refractivity (Wildman–Crippen MR) is 128 cm³/mol. The second kappa shape index (κ2) is 9.66. The van der Waals surface area contributed by atoms with Crippen LogP contribution in [0.4, 0.5) is 5.69 Å². The number of aryl methyl sites for hydroxylation is 1. The number of carbonyl (C=O) groups excluding carboxylic acids is 2. The van der Waals surface area contributed by atoms with E-state index < -0.39 is 0 Å². The van der Waals surface area contributed by atoms with Gasteiger partial charge < -0.3 is 10.6 Å². The summed E-state index contributed by atoms with van der Waals surface area (Å²) < 4.78 is 0. The van der Waals surface area contributed by atoms with Gasteiger partial charge in [0.15, 0.2) is 0 Å². The smallest absolute Gasteiger partial charge is 0.256 e. The SMILES string of the molecule is Cc1ccc(NC(=O)c2ccccc2SCC(=O)N[C@H](C)[C@H]2C[C@H]3CC[C@H]2C3)c(Cl)c1. The maximum Gasteiger partial charge on any atom is 0.256 e. The summed E-state index contributed by atoms with van der Waals surface area (Å²) in [5.41, 5.74) is 2.15. The van der Waals surface area contributed by atoms with Gasteiger partial charge in [0.05, 0.1) is 22.0 Å². The molecule has 4 atom stereocenters. The van der Waals surface area contributed by atoms with Gasteiger partial charge in [-0.05, 0) is 80.7 Å². The molecule has 31 heavy (non-hydrogen) atoms. The van der Waals surface area contributed by atoms with Crippen molar-refractivity contribution in [2.24, 2.45) is 17.8 Å². The van der Waals surface area contributed by atoms with Crippen molar-refractivity contribution in [3.05, 3.63) is 58.6 Å². The van der Waals surface area contributed by atoms with E-state index in [-0.39, 0.29) is 17.9 Å². The van der Waals surface area contributed by atoms with Crippen molar-refractivity contribution in [1.82, 2.24) is 5.32 Å². The number of nitrogens with one attached hydrogen (secondary N) is 2. The number of benzene rings is 2. The van der Waals surface area contributed by atoms with Gasteiger partial charge in [-0.2, -0.15) is 0 Å². The number of fused-ring (bicyclic) bond motifs is 2. The van der Waals surface area contributed by atoms with Crippen LogP contribution in [0.2, 0.25) is 5.02 Å². The van der Waals surface area contributed by atoms with Gasteiger partial charge in [-0.3, -0.25) is 9.59 Å². The number of amides is 2. The summed E-state index contributed by atoms with van der Waals surface area (Å²) in [5.74, 6) is 2.36. The van der Waals surface area contributed by atoms with Gasteiger partial charge in [0.25, 0.3) is 5.91 Å². The lowest BCUT2D eigenvalue weighted by Gasteiger charge is -2.28. The Labute approximate surface area is 193 Å². The molecule has 2 fully saturated rings.